The molecule has 3 aliphatic heterocycles. The van der Waals surface area contributed by atoms with Gasteiger partial charge < -0.3 is 110 Å². The number of anilines is 1. The van der Waals surface area contributed by atoms with E-state index in [2.05, 4.69) is 58.5 Å². The van der Waals surface area contributed by atoms with Gasteiger partial charge in [0.2, 0.25) is 65.0 Å². The van der Waals surface area contributed by atoms with Gasteiger partial charge in [-0.3, -0.25) is 91.7 Å². The van der Waals surface area contributed by atoms with Gasteiger partial charge in [-0.25, -0.2) is 4.79 Å². The maximum atomic E-state index is 15.4. The molecule has 3 heterocycles. The molecule has 1 saturated carbocycles. The maximum absolute atomic E-state index is 15.4. The summed E-state index contributed by atoms with van der Waals surface area (Å²) in [5.41, 5.74) is 6.83. The molecule has 7 rings (SSSR count). The fraction of sp³-hybridized carbons (Fsp3) is 0.519. The number of nitrogens with zero attached hydrogens (tertiary/aromatic N) is 2. The fourth-order valence-corrected chi connectivity index (χ4v) is 14.3. The van der Waals surface area contributed by atoms with Crippen molar-refractivity contribution in [2.75, 3.05) is 18.4 Å². The molecule has 652 valence electrons. The zero-order valence-electron chi connectivity index (χ0n) is 66.6. The predicted molar refractivity (Wildman–Crippen MR) is 421 cm³/mol. The second-order valence-electron chi connectivity index (χ2n) is 30.2. The van der Waals surface area contributed by atoms with E-state index in [0.29, 0.717) is 42.5 Å². The van der Waals surface area contributed by atoms with Gasteiger partial charge in [0.15, 0.2) is 5.96 Å². The number of likely N-dealkylation sites (tertiary alicyclic amines) is 1. The number of amides is 12. The van der Waals surface area contributed by atoms with E-state index in [4.69, 9.17) is 11.1 Å². The Hall–Kier alpha value is -13.1. The maximum Gasteiger partial charge on any atom is 0.326 e. The van der Waals surface area contributed by atoms with E-state index < -0.39 is 274 Å². The molecular formula is C79H105N15O26. The van der Waals surface area contributed by atoms with Gasteiger partial charge in [-0.1, -0.05) is 88.7 Å². The van der Waals surface area contributed by atoms with Crippen molar-refractivity contribution in [1.82, 2.24) is 63.0 Å². The van der Waals surface area contributed by atoms with Gasteiger partial charge in [0.1, 0.15) is 66.5 Å². The number of carbonyl (C=O) groups excluding carboxylic acids is 12. The molecule has 3 aromatic rings. The molecule has 0 aromatic heterocycles. The molecule has 41 nitrogen and oxygen atoms in total. The summed E-state index contributed by atoms with van der Waals surface area (Å²) in [7, 11) is 0. The van der Waals surface area contributed by atoms with Crippen LogP contribution in [0.3, 0.4) is 0 Å². The first-order valence-corrected chi connectivity index (χ1v) is 39.2. The number of carboxylic acids is 7. The molecule has 2 bridgehead atoms. The third-order valence-corrected chi connectivity index (χ3v) is 20.7. The molecule has 4 aliphatic rings. The highest BCUT2D eigenvalue weighted by atomic mass is 16.4. The van der Waals surface area contributed by atoms with Crippen LogP contribution >= 0.6 is 0 Å². The topological polar surface area (TPSA) is 655 Å². The van der Waals surface area contributed by atoms with Crippen molar-refractivity contribution in [2.45, 2.75) is 229 Å². The molecule has 0 radical (unpaired) electrons. The normalized spacial score (nSPS) is 17.7. The van der Waals surface area contributed by atoms with Crippen molar-refractivity contribution in [2.24, 2.45) is 23.5 Å². The van der Waals surface area contributed by atoms with Gasteiger partial charge >= 0.3 is 41.8 Å². The standard InChI is InChI=1S/C79H105N15O26/c1-5-41(4)65(92-75(116)66-45-19-23-48(24-20-45)94(66)76(117)51(27-31-61(100)101)87-71(112)54(35-42-10-7-6-8-11-42)91-73(114)56(38-64(106)107)84-58(95)39-82-67(108)46-17-21-47(22-18-46)83-79(80)81)77(118)93-33-9-12-57(93)74(115)86-50(26-30-60(98)99)68(109)85-49(25-29-59(96)97)69(110)90-55(36-43-13-15-44(16-14-43)37-63(104)105)72(113)89-53(34-40(2)3)70(111)88-52(78(119)120)28-32-62(102)103/h6-8,10-11,13-18,21-22,40-41,45,48-57,65-66H,5,9,12,19-20,23-39H2,1-4H3,(H,82,108)(H,84,95)(H,85,109)(H,86,115)(H,87,112)(H,88,111)(H,89,113)(H,90,110)(H,91,114)(H,92,116)(H,96,97)(H,98,99)(H,100,101)(H,102,103)(H,104,105)(H,106,107)(H,119,120)(H4,80,81,83)/t41-,45?,48?,49-,50-,51-,52+,53-,54-,55+,56-,57-,65-,66-/m0/s1. The predicted octanol–water partition coefficient (Wildman–Crippen LogP) is -0.931. The monoisotopic (exact) mass is 1680 g/mol. The average Bonchev–Trinajstić information content (AvgIpc) is 0.840. The minimum Gasteiger partial charge on any atom is -0.481 e. The van der Waals surface area contributed by atoms with Gasteiger partial charge in [0.25, 0.3) is 5.91 Å². The number of hydrogen-bond donors (Lipinski definition) is 20. The number of carbonyl (C=O) groups is 19. The van der Waals surface area contributed by atoms with Gasteiger partial charge in [-0.05, 0) is 129 Å². The number of benzene rings is 3. The number of fused-ring (bicyclic) bond motifs is 3. The summed E-state index contributed by atoms with van der Waals surface area (Å²) in [6.07, 6.45) is -6.11. The Labute approximate surface area is 688 Å². The summed E-state index contributed by atoms with van der Waals surface area (Å²) in [4.78, 5) is 259. The first-order chi connectivity index (χ1) is 56.7. The number of carboxylic acid groups (broad SMARTS) is 7. The highest BCUT2D eigenvalue weighted by Gasteiger charge is 2.51. The average molecular weight is 1680 g/mol. The number of hydrogen-bond acceptors (Lipinski definition) is 20. The number of guanidine groups is 1. The molecule has 41 heteroatoms. The van der Waals surface area contributed by atoms with Crippen molar-refractivity contribution in [3.8, 4) is 0 Å². The highest BCUT2D eigenvalue weighted by molar-refractivity contribution is 6.02. The van der Waals surface area contributed by atoms with E-state index in [0.717, 1.165) is 4.90 Å². The lowest BCUT2D eigenvalue weighted by atomic mass is 9.73. The third kappa shape index (κ3) is 30.1. The van der Waals surface area contributed by atoms with Gasteiger partial charge in [-0.15, -0.1) is 0 Å². The largest absolute Gasteiger partial charge is 0.481 e. The number of nitrogens with two attached hydrogens (primary N) is 1. The third-order valence-electron chi connectivity index (χ3n) is 20.7. The van der Waals surface area contributed by atoms with Crippen LogP contribution in [0.5, 0.6) is 0 Å². The van der Waals surface area contributed by atoms with Crippen molar-refractivity contribution < 1.29 is 127 Å². The van der Waals surface area contributed by atoms with Crippen molar-refractivity contribution in [3.05, 3.63) is 101 Å². The Morgan fingerprint density at radius 2 is 0.942 bits per heavy atom. The Kier molecular flexibility index (Phi) is 36.8. The minimum atomic E-state index is -1.91. The first kappa shape index (κ1) is 95.7. The molecule has 1 aliphatic carbocycles. The van der Waals surface area contributed by atoms with Crippen molar-refractivity contribution in [3.63, 3.8) is 0 Å². The van der Waals surface area contributed by atoms with Crippen LogP contribution < -0.4 is 64.2 Å². The Balaban J connectivity index is 1.23. The number of rotatable bonds is 48. The molecule has 3 saturated heterocycles. The van der Waals surface area contributed by atoms with Gasteiger partial charge in [-0.2, -0.15) is 0 Å². The first-order valence-electron chi connectivity index (χ1n) is 39.2. The van der Waals surface area contributed by atoms with E-state index in [1.54, 1.807) is 58.0 Å². The van der Waals surface area contributed by atoms with Crippen LogP contribution in [0.4, 0.5) is 5.69 Å². The molecular weight excluding hydrogens is 1570 g/mol. The van der Waals surface area contributed by atoms with E-state index in [1.165, 1.54) is 53.4 Å². The zero-order valence-corrected chi connectivity index (χ0v) is 66.6. The van der Waals surface area contributed by atoms with E-state index in [1.807, 2.05) is 0 Å². The zero-order chi connectivity index (χ0) is 88.8. The van der Waals surface area contributed by atoms with Crippen LogP contribution in [0.25, 0.3) is 0 Å². The van der Waals surface area contributed by atoms with Crippen LogP contribution in [0.1, 0.15) is 164 Å². The second-order valence-corrected chi connectivity index (χ2v) is 30.2. The molecule has 4 fully saturated rings. The lowest BCUT2D eigenvalue weighted by Gasteiger charge is -2.51. The van der Waals surface area contributed by atoms with Crippen LogP contribution in [0, 0.1) is 23.2 Å². The van der Waals surface area contributed by atoms with E-state index >= 15 is 14.4 Å². The molecule has 0 unspecified atom stereocenters. The molecule has 3 aromatic carbocycles. The molecule has 21 N–H and O–H groups in total. The summed E-state index contributed by atoms with van der Waals surface area (Å²) < 4.78 is 0. The summed E-state index contributed by atoms with van der Waals surface area (Å²) in [6, 6.07) is 0.278. The lowest BCUT2D eigenvalue weighted by molar-refractivity contribution is -0.157. The summed E-state index contributed by atoms with van der Waals surface area (Å²) in [5, 5.41) is 102. The van der Waals surface area contributed by atoms with Crippen LogP contribution in [-0.4, -0.2) is 250 Å². The molecule has 12 amide bonds. The van der Waals surface area contributed by atoms with Crippen LogP contribution in [-0.2, 0) is 106 Å². The minimum absolute atomic E-state index is 0.0679. The highest BCUT2D eigenvalue weighted by Crippen LogP contribution is 2.41. The molecule has 0 spiro atoms. The smallest absolute Gasteiger partial charge is 0.326 e. The Morgan fingerprint density at radius 1 is 0.475 bits per heavy atom. The van der Waals surface area contributed by atoms with Crippen molar-refractivity contribution >= 4 is 124 Å². The number of piperidine rings is 2. The van der Waals surface area contributed by atoms with Crippen LogP contribution in [0.15, 0.2) is 78.9 Å². The second kappa shape index (κ2) is 46.1. The number of nitrogens with one attached hydrogen (secondary N) is 12. The summed E-state index contributed by atoms with van der Waals surface area (Å²) >= 11 is 0. The summed E-state index contributed by atoms with van der Waals surface area (Å²) in [6.45, 7) is 5.74. The molecule has 12 atom stereocenters. The fourth-order valence-electron chi connectivity index (χ4n) is 14.3. The van der Waals surface area contributed by atoms with Crippen molar-refractivity contribution in [1.29, 1.82) is 5.41 Å². The van der Waals surface area contributed by atoms with Gasteiger partial charge in [0, 0.05) is 62.4 Å². The number of aliphatic carboxylic acids is 7. The Bertz CT molecular complexity index is 4250. The Morgan fingerprint density at radius 3 is 1.45 bits per heavy atom. The van der Waals surface area contributed by atoms with Crippen LogP contribution in [0.2, 0.25) is 0 Å². The lowest BCUT2D eigenvalue weighted by Crippen LogP contribution is -2.68. The quantitative estimate of drug-likeness (QED) is 0.0240. The summed E-state index contributed by atoms with van der Waals surface area (Å²) in [5.74, 6) is -24.4. The van der Waals surface area contributed by atoms with Gasteiger partial charge in [0.05, 0.1) is 19.4 Å². The SMILES string of the molecule is CC[C@H](C)[C@H](NC(=O)[C@@H]1C2CCC(CC2)N1C(=O)[C@H](CCC(=O)O)NC(=O)[C@H](Cc1ccccc1)NC(=O)[C@H](CC(=O)O)NC(=O)CNC(=O)c1ccc(NC(=N)N)cc1)C(=O)N1CCC[C@H]1C(=O)N[C@@H](CCC(=O)O)C(=O)N[C@@H](CCC(=O)O)C(=O)N[C@H](Cc1ccc(CC(=O)O)cc1)C(=O)N[C@@H](CC(C)C)C(=O)N[C@H](CCC(=O)O)C(=O)O. The van der Waals surface area contributed by atoms with E-state index in [-0.39, 0.29) is 61.7 Å². The molecule has 120 heavy (non-hydrogen) atoms. The van der Waals surface area contributed by atoms with E-state index in [9.17, 15) is 112 Å².